The van der Waals surface area contributed by atoms with E-state index in [-0.39, 0.29) is 29.6 Å². The van der Waals surface area contributed by atoms with Crippen molar-refractivity contribution in [1.82, 2.24) is 14.9 Å². The molecular weight excluding hydrogens is 510 g/mol. The number of nitrogens with zero attached hydrogens (tertiary/aromatic N) is 2. The van der Waals surface area contributed by atoms with Crippen LogP contribution in [-0.4, -0.2) is 41.3 Å². The van der Waals surface area contributed by atoms with Gasteiger partial charge >= 0.3 is 0 Å². The number of hydrogen-bond acceptors (Lipinski definition) is 5. The Kier molecular flexibility index (Phi) is 8.32. The highest BCUT2D eigenvalue weighted by Crippen LogP contribution is 2.25. The van der Waals surface area contributed by atoms with E-state index in [1.807, 2.05) is 36.4 Å². The molecule has 2 aromatic heterocycles. The van der Waals surface area contributed by atoms with E-state index in [2.05, 4.69) is 27.9 Å². The van der Waals surface area contributed by atoms with Gasteiger partial charge in [0.1, 0.15) is 0 Å². The molecule has 2 heterocycles. The van der Waals surface area contributed by atoms with Crippen LogP contribution in [0.25, 0.3) is 10.9 Å². The molecular formula is C28H30ClN3O4S. The minimum Gasteiger partial charge on any atom is -0.396 e. The summed E-state index contributed by atoms with van der Waals surface area (Å²) in [6.07, 6.45) is 2.29. The van der Waals surface area contributed by atoms with Crippen LogP contribution in [0.1, 0.15) is 53.6 Å². The lowest BCUT2D eigenvalue weighted by Crippen LogP contribution is -2.30. The van der Waals surface area contributed by atoms with Crippen LogP contribution in [0.15, 0.2) is 71.8 Å². The molecule has 0 aliphatic heterocycles. The second-order valence-electron chi connectivity index (χ2n) is 8.82. The van der Waals surface area contributed by atoms with E-state index in [9.17, 15) is 18.3 Å². The van der Waals surface area contributed by atoms with E-state index in [4.69, 9.17) is 11.6 Å². The van der Waals surface area contributed by atoms with E-state index >= 15 is 0 Å². The van der Waals surface area contributed by atoms with E-state index in [1.54, 1.807) is 19.1 Å². The van der Waals surface area contributed by atoms with Crippen molar-refractivity contribution in [2.45, 2.75) is 44.2 Å². The van der Waals surface area contributed by atoms with Crippen molar-refractivity contribution in [3.05, 3.63) is 94.4 Å². The average Bonchev–Trinajstić information content (AvgIpc) is 3.25. The van der Waals surface area contributed by atoms with Gasteiger partial charge in [0.2, 0.25) is 0 Å². The molecule has 0 aliphatic carbocycles. The first-order chi connectivity index (χ1) is 17.7. The smallest absolute Gasteiger partial charge is 0.251 e. The van der Waals surface area contributed by atoms with Crippen molar-refractivity contribution < 1.29 is 18.3 Å². The van der Waals surface area contributed by atoms with E-state index in [0.29, 0.717) is 16.3 Å². The highest BCUT2D eigenvalue weighted by Gasteiger charge is 2.19. The molecule has 4 rings (SSSR count). The molecule has 0 aliphatic rings. The molecule has 37 heavy (non-hydrogen) atoms. The minimum atomic E-state index is -3.37. The Labute approximate surface area is 222 Å². The number of aliphatic hydroxyl groups is 1. The zero-order valence-electron chi connectivity index (χ0n) is 20.8. The first-order valence-electron chi connectivity index (χ1n) is 12.2. The number of hydrogen-bond donors (Lipinski definition) is 2. The van der Waals surface area contributed by atoms with Crippen LogP contribution < -0.4 is 5.32 Å². The Morgan fingerprint density at radius 3 is 2.46 bits per heavy atom. The minimum absolute atomic E-state index is 0.0194. The van der Waals surface area contributed by atoms with Gasteiger partial charge < -0.3 is 15.0 Å². The molecule has 0 saturated carbocycles. The van der Waals surface area contributed by atoms with Gasteiger partial charge in [0.25, 0.3) is 5.91 Å². The Morgan fingerprint density at radius 2 is 1.84 bits per heavy atom. The number of aliphatic hydroxyl groups excluding tert-OH is 1. The lowest BCUT2D eigenvalue weighted by molar-refractivity contribution is 0.0929. The monoisotopic (exact) mass is 539 g/mol. The van der Waals surface area contributed by atoms with Crippen LogP contribution >= 0.6 is 11.6 Å². The van der Waals surface area contributed by atoms with Crippen molar-refractivity contribution >= 4 is 38.2 Å². The van der Waals surface area contributed by atoms with Crippen molar-refractivity contribution in [3.63, 3.8) is 0 Å². The molecule has 0 spiro atoms. The van der Waals surface area contributed by atoms with E-state index < -0.39 is 15.9 Å². The molecule has 0 saturated heterocycles. The average molecular weight is 540 g/mol. The normalized spacial score (nSPS) is 12.5. The van der Waals surface area contributed by atoms with Gasteiger partial charge in [0.15, 0.2) is 9.84 Å². The summed E-state index contributed by atoms with van der Waals surface area (Å²) in [6.45, 7) is 4.30. The number of benzene rings is 2. The summed E-state index contributed by atoms with van der Waals surface area (Å²) in [6, 6.07) is 18.0. The molecule has 0 unspecified atom stereocenters. The van der Waals surface area contributed by atoms with Crippen molar-refractivity contribution in [2.24, 2.45) is 0 Å². The topological polar surface area (TPSA) is 101 Å². The highest BCUT2D eigenvalue weighted by molar-refractivity contribution is 7.91. The number of pyridine rings is 1. The van der Waals surface area contributed by atoms with E-state index in [1.165, 1.54) is 12.3 Å². The maximum atomic E-state index is 13.2. The van der Waals surface area contributed by atoms with Gasteiger partial charge in [0, 0.05) is 53.0 Å². The number of rotatable bonds is 10. The number of fused-ring (bicyclic) bond motifs is 1. The number of nitrogens with one attached hydrogen (secondary N) is 1. The third kappa shape index (κ3) is 6.04. The lowest BCUT2D eigenvalue weighted by Gasteiger charge is -2.18. The number of carbonyl (C=O) groups is 1. The Bertz CT molecular complexity index is 1500. The van der Waals surface area contributed by atoms with Crippen molar-refractivity contribution in [3.8, 4) is 0 Å². The fraction of sp³-hybridized carbons (Fsp3) is 0.286. The third-order valence-electron chi connectivity index (χ3n) is 6.44. The maximum Gasteiger partial charge on any atom is 0.251 e. The zero-order chi connectivity index (χ0) is 26.6. The summed E-state index contributed by atoms with van der Waals surface area (Å²) in [5.74, 6) is -0.315. The molecule has 4 aromatic rings. The predicted molar refractivity (Wildman–Crippen MR) is 146 cm³/mol. The number of sulfone groups is 1. The van der Waals surface area contributed by atoms with Gasteiger partial charge in [-0.25, -0.2) is 8.42 Å². The van der Waals surface area contributed by atoms with Crippen LogP contribution in [0, 0.1) is 0 Å². The molecule has 0 fully saturated rings. The molecule has 1 atom stereocenters. The molecule has 194 valence electrons. The molecule has 2 N–H and O–H groups in total. The third-order valence-corrected chi connectivity index (χ3v) is 8.41. The number of aryl methyl sites for hydroxylation is 1. The summed E-state index contributed by atoms with van der Waals surface area (Å²) < 4.78 is 26.4. The van der Waals surface area contributed by atoms with Gasteiger partial charge in [-0.2, -0.15) is 0 Å². The predicted octanol–water partition coefficient (Wildman–Crippen LogP) is 4.95. The molecule has 0 bridgehead atoms. The van der Waals surface area contributed by atoms with Gasteiger partial charge in [0.05, 0.1) is 22.4 Å². The number of carbonyl (C=O) groups excluding carboxylic acids is 1. The first-order valence-corrected chi connectivity index (χ1v) is 14.3. The number of amides is 1. The SMILES string of the molecule is CCn1c(Cc2ccc(Cl)cc2)cc2cc(C(=O)N[C@@H](CCO)c3ccc(S(=O)(=O)CC)cn3)ccc21. The maximum absolute atomic E-state index is 13.2. The van der Waals surface area contributed by atoms with Gasteiger partial charge in [-0.1, -0.05) is 30.7 Å². The van der Waals surface area contributed by atoms with Gasteiger partial charge in [-0.15, -0.1) is 0 Å². The quantitative estimate of drug-likeness (QED) is 0.297. The van der Waals surface area contributed by atoms with Crippen LogP contribution in [-0.2, 0) is 22.8 Å². The second kappa shape index (κ2) is 11.5. The zero-order valence-corrected chi connectivity index (χ0v) is 22.4. The lowest BCUT2D eigenvalue weighted by atomic mass is 10.1. The van der Waals surface area contributed by atoms with Crippen LogP contribution in [0.5, 0.6) is 0 Å². The first kappa shape index (κ1) is 26.9. The van der Waals surface area contributed by atoms with Crippen molar-refractivity contribution in [1.29, 1.82) is 0 Å². The molecule has 9 heteroatoms. The summed E-state index contributed by atoms with van der Waals surface area (Å²) in [5, 5.41) is 14.2. The van der Waals surface area contributed by atoms with Gasteiger partial charge in [-0.05, 0) is 67.4 Å². The van der Waals surface area contributed by atoms with Gasteiger partial charge in [-0.3, -0.25) is 9.78 Å². The standard InChI is InChI=1S/C28H30ClN3O4S/c1-3-32-23(15-19-5-8-22(29)9-6-19)17-21-16-20(7-12-27(21)32)28(34)31-26(13-14-33)25-11-10-24(18-30-25)37(35,36)4-2/h5-12,16-18,26,33H,3-4,13-15H2,1-2H3,(H,31,34)/t26-/m0/s1. The summed E-state index contributed by atoms with van der Waals surface area (Å²) in [7, 11) is -3.37. The van der Waals surface area contributed by atoms with E-state index in [0.717, 1.165) is 35.1 Å². The fourth-order valence-corrected chi connectivity index (χ4v) is 5.36. The molecule has 0 radical (unpaired) electrons. The Hall–Kier alpha value is -3.20. The number of aromatic nitrogens is 2. The number of halogens is 1. The largest absolute Gasteiger partial charge is 0.396 e. The second-order valence-corrected chi connectivity index (χ2v) is 11.5. The molecule has 2 aromatic carbocycles. The highest BCUT2D eigenvalue weighted by atomic mass is 35.5. The fourth-order valence-electron chi connectivity index (χ4n) is 4.41. The Balaban J connectivity index is 1.57. The summed E-state index contributed by atoms with van der Waals surface area (Å²) >= 11 is 6.03. The van der Waals surface area contributed by atoms with Crippen LogP contribution in [0.3, 0.4) is 0 Å². The molecule has 1 amide bonds. The Morgan fingerprint density at radius 1 is 1.08 bits per heavy atom. The van der Waals surface area contributed by atoms with Crippen LogP contribution in [0.2, 0.25) is 5.02 Å². The summed E-state index contributed by atoms with van der Waals surface area (Å²) in [4.78, 5) is 17.6. The molecule has 7 nitrogen and oxygen atoms in total. The summed E-state index contributed by atoms with van der Waals surface area (Å²) in [5.41, 5.74) is 4.32. The van der Waals surface area contributed by atoms with Crippen LogP contribution in [0.4, 0.5) is 0 Å². The van der Waals surface area contributed by atoms with Crippen molar-refractivity contribution in [2.75, 3.05) is 12.4 Å².